The summed E-state index contributed by atoms with van der Waals surface area (Å²) < 4.78 is 0. The van der Waals surface area contributed by atoms with Crippen LogP contribution in [0, 0.1) is 29.1 Å². The Labute approximate surface area is 184 Å². The number of fused-ring (bicyclic) bond motifs is 1. The van der Waals surface area contributed by atoms with E-state index in [2.05, 4.69) is 46.4 Å². The maximum Gasteiger partial charge on any atom is 0.0811 e. The van der Waals surface area contributed by atoms with Gasteiger partial charge in [0, 0.05) is 6.42 Å². The van der Waals surface area contributed by atoms with Gasteiger partial charge in [0.1, 0.15) is 0 Å². The van der Waals surface area contributed by atoms with Crippen LogP contribution in [0.2, 0.25) is 0 Å². The second-order valence-electron chi connectivity index (χ2n) is 11.0. The lowest BCUT2D eigenvalue weighted by atomic mass is 9.60. The van der Waals surface area contributed by atoms with Crippen LogP contribution in [0.4, 0.5) is 0 Å². The van der Waals surface area contributed by atoms with Crippen molar-refractivity contribution in [1.29, 1.82) is 0 Å². The maximum atomic E-state index is 10.3. The lowest BCUT2D eigenvalue weighted by molar-refractivity contribution is 0.0717. The van der Waals surface area contributed by atoms with E-state index in [0.29, 0.717) is 36.0 Å². The fourth-order valence-corrected chi connectivity index (χ4v) is 6.65. The van der Waals surface area contributed by atoms with Gasteiger partial charge in [-0.3, -0.25) is 0 Å². The van der Waals surface area contributed by atoms with Crippen molar-refractivity contribution in [2.24, 2.45) is 29.1 Å². The standard InChI is InChI=1S/C27H44O3/c1-17(2)25(29)13-8-18(3)23-11-12-24-20(7-6-14-27(23,24)5)9-10-21-15-22(28)16-26(30)19(21)4/h9-10,17-18,22-26,28-30H,4,6-8,11-16H2,1-3,5H3/b20-9-,21-10-/t18-,22-,23-,24+,25+,26+,27?/m1/s1. The van der Waals surface area contributed by atoms with Gasteiger partial charge in [0.15, 0.2) is 0 Å². The molecule has 3 N–H and O–H groups in total. The van der Waals surface area contributed by atoms with Crippen molar-refractivity contribution in [1.82, 2.24) is 0 Å². The molecular formula is C27H44O3. The van der Waals surface area contributed by atoms with Crippen molar-refractivity contribution in [3.63, 3.8) is 0 Å². The van der Waals surface area contributed by atoms with Gasteiger partial charge in [0.2, 0.25) is 0 Å². The largest absolute Gasteiger partial charge is 0.393 e. The Bertz CT molecular complexity index is 676. The van der Waals surface area contributed by atoms with Crippen molar-refractivity contribution in [3.8, 4) is 0 Å². The Morgan fingerprint density at radius 3 is 2.57 bits per heavy atom. The van der Waals surface area contributed by atoms with Gasteiger partial charge >= 0.3 is 0 Å². The smallest absolute Gasteiger partial charge is 0.0811 e. The van der Waals surface area contributed by atoms with Crippen LogP contribution in [-0.2, 0) is 0 Å². The Kier molecular flexibility index (Phi) is 7.69. The second kappa shape index (κ2) is 9.71. The van der Waals surface area contributed by atoms with Crippen LogP contribution in [0.15, 0.2) is 35.5 Å². The number of hydrogen-bond donors (Lipinski definition) is 3. The zero-order valence-corrected chi connectivity index (χ0v) is 19.6. The summed E-state index contributed by atoms with van der Waals surface area (Å²) in [6.45, 7) is 13.2. The predicted octanol–water partition coefficient (Wildman–Crippen LogP) is 5.56. The summed E-state index contributed by atoms with van der Waals surface area (Å²) in [5, 5.41) is 30.4. The van der Waals surface area contributed by atoms with Gasteiger partial charge in [-0.2, -0.15) is 0 Å². The predicted molar refractivity (Wildman–Crippen MR) is 124 cm³/mol. The first-order valence-electron chi connectivity index (χ1n) is 12.3. The lowest BCUT2D eigenvalue weighted by Crippen LogP contribution is -2.36. The molecule has 0 aromatic carbocycles. The first kappa shape index (κ1) is 23.8. The molecule has 7 atom stereocenters. The fraction of sp³-hybridized carbons (Fsp3) is 0.778. The number of aliphatic hydroxyl groups excluding tert-OH is 3. The Balaban J connectivity index is 1.72. The third-order valence-corrected chi connectivity index (χ3v) is 8.68. The molecule has 3 aliphatic carbocycles. The van der Waals surface area contributed by atoms with Crippen LogP contribution < -0.4 is 0 Å². The molecule has 3 saturated carbocycles. The van der Waals surface area contributed by atoms with E-state index in [-0.39, 0.29) is 6.10 Å². The molecule has 0 spiro atoms. The lowest BCUT2D eigenvalue weighted by Gasteiger charge is -2.44. The van der Waals surface area contributed by atoms with Crippen LogP contribution in [-0.4, -0.2) is 33.6 Å². The summed E-state index contributed by atoms with van der Waals surface area (Å²) in [5.74, 6) is 2.35. The monoisotopic (exact) mass is 416 g/mol. The average molecular weight is 417 g/mol. The SMILES string of the molecule is C=C1/C(=C\C=C2\CCCC3(C)[C@@H]([C@H](C)CC[C@H](O)C(C)C)CC[C@@H]23)C[C@@H](O)C[C@@H]1O. The number of allylic oxidation sites excluding steroid dienone is 3. The van der Waals surface area contributed by atoms with E-state index in [1.165, 1.54) is 25.7 Å². The van der Waals surface area contributed by atoms with Crippen molar-refractivity contribution < 1.29 is 15.3 Å². The molecule has 3 fully saturated rings. The normalized spacial score (nSPS) is 39.5. The highest BCUT2D eigenvalue weighted by molar-refractivity contribution is 5.38. The molecule has 3 heteroatoms. The summed E-state index contributed by atoms with van der Waals surface area (Å²) in [4.78, 5) is 0. The van der Waals surface area contributed by atoms with Crippen LogP contribution in [0.3, 0.4) is 0 Å². The molecule has 0 bridgehead atoms. The summed E-state index contributed by atoms with van der Waals surface area (Å²) in [6, 6.07) is 0. The maximum absolute atomic E-state index is 10.3. The molecule has 0 aromatic heterocycles. The molecule has 0 saturated heterocycles. The van der Waals surface area contributed by atoms with Crippen LogP contribution in [0.5, 0.6) is 0 Å². The van der Waals surface area contributed by atoms with Gasteiger partial charge in [-0.15, -0.1) is 0 Å². The molecule has 0 radical (unpaired) electrons. The van der Waals surface area contributed by atoms with E-state index in [1.54, 1.807) is 5.57 Å². The van der Waals surface area contributed by atoms with Gasteiger partial charge in [0.05, 0.1) is 18.3 Å². The summed E-state index contributed by atoms with van der Waals surface area (Å²) in [7, 11) is 0. The van der Waals surface area contributed by atoms with Crippen LogP contribution >= 0.6 is 0 Å². The Morgan fingerprint density at radius 1 is 1.13 bits per heavy atom. The molecule has 1 unspecified atom stereocenters. The molecule has 3 aliphatic rings. The van der Waals surface area contributed by atoms with E-state index < -0.39 is 12.2 Å². The minimum atomic E-state index is -0.618. The number of aliphatic hydroxyl groups is 3. The molecule has 0 heterocycles. The van der Waals surface area contributed by atoms with Gasteiger partial charge in [0.25, 0.3) is 0 Å². The quantitative estimate of drug-likeness (QED) is 0.531. The molecule has 0 amide bonds. The minimum Gasteiger partial charge on any atom is -0.393 e. The fourth-order valence-electron chi connectivity index (χ4n) is 6.65. The second-order valence-corrected chi connectivity index (χ2v) is 11.0. The highest BCUT2D eigenvalue weighted by Crippen LogP contribution is 2.60. The van der Waals surface area contributed by atoms with E-state index in [0.717, 1.165) is 36.3 Å². The van der Waals surface area contributed by atoms with Gasteiger partial charge < -0.3 is 15.3 Å². The zero-order valence-electron chi connectivity index (χ0n) is 19.6. The molecule has 170 valence electrons. The Morgan fingerprint density at radius 2 is 1.87 bits per heavy atom. The van der Waals surface area contributed by atoms with E-state index in [4.69, 9.17) is 0 Å². The van der Waals surface area contributed by atoms with E-state index >= 15 is 0 Å². The topological polar surface area (TPSA) is 60.7 Å². The molecule has 3 nitrogen and oxygen atoms in total. The van der Waals surface area contributed by atoms with Crippen molar-refractivity contribution in [2.75, 3.05) is 0 Å². The van der Waals surface area contributed by atoms with Crippen molar-refractivity contribution >= 4 is 0 Å². The first-order chi connectivity index (χ1) is 14.1. The first-order valence-corrected chi connectivity index (χ1v) is 12.3. The van der Waals surface area contributed by atoms with E-state index in [1.807, 2.05) is 0 Å². The molecule has 0 aliphatic heterocycles. The number of rotatable bonds is 6. The third kappa shape index (κ3) is 4.95. The Hall–Kier alpha value is -0.900. The number of hydrogen-bond acceptors (Lipinski definition) is 3. The molecule has 0 aromatic rings. The third-order valence-electron chi connectivity index (χ3n) is 8.68. The highest BCUT2D eigenvalue weighted by Gasteiger charge is 2.50. The average Bonchev–Trinajstić information content (AvgIpc) is 3.04. The zero-order chi connectivity index (χ0) is 22.1. The summed E-state index contributed by atoms with van der Waals surface area (Å²) >= 11 is 0. The van der Waals surface area contributed by atoms with E-state index in [9.17, 15) is 15.3 Å². The van der Waals surface area contributed by atoms with Crippen LogP contribution in [0.25, 0.3) is 0 Å². The highest BCUT2D eigenvalue weighted by atomic mass is 16.3. The van der Waals surface area contributed by atoms with Crippen molar-refractivity contribution in [3.05, 3.63) is 35.5 Å². The molecule has 3 rings (SSSR count). The molecule has 30 heavy (non-hydrogen) atoms. The van der Waals surface area contributed by atoms with Gasteiger partial charge in [-0.05, 0) is 91.6 Å². The summed E-state index contributed by atoms with van der Waals surface area (Å²) in [6.07, 6.45) is 12.4. The van der Waals surface area contributed by atoms with Gasteiger partial charge in [-0.25, -0.2) is 0 Å². The molecular weight excluding hydrogens is 372 g/mol. The van der Waals surface area contributed by atoms with Gasteiger partial charge in [-0.1, -0.05) is 52.0 Å². The van der Waals surface area contributed by atoms with Crippen LogP contribution in [0.1, 0.15) is 85.5 Å². The minimum absolute atomic E-state index is 0.180. The summed E-state index contributed by atoms with van der Waals surface area (Å²) in [5.41, 5.74) is 3.69. The van der Waals surface area contributed by atoms with Crippen molar-refractivity contribution in [2.45, 2.75) is 104 Å².